The van der Waals surface area contributed by atoms with Gasteiger partial charge in [-0.2, -0.15) is 0 Å². The highest BCUT2D eigenvalue weighted by Gasteiger charge is 2.32. The molecule has 3 rings (SSSR count). The van der Waals surface area contributed by atoms with E-state index >= 15 is 0 Å². The summed E-state index contributed by atoms with van der Waals surface area (Å²) in [5.74, 6) is 0.541. The van der Waals surface area contributed by atoms with Gasteiger partial charge in [-0.05, 0) is 80.5 Å². The summed E-state index contributed by atoms with van der Waals surface area (Å²) in [6.45, 7) is 7.08. The molecule has 0 aromatic carbocycles. The number of fused-ring (bicyclic) bond motifs is 1. The molecular weight excluding hydrogens is 388 g/mol. The molecule has 1 aromatic heterocycles. The third kappa shape index (κ3) is 4.70. The summed E-state index contributed by atoms with van der Waals surface area (Å²) < 4.78 is 5.05. The van der Waals surface area contributed by atoms with Crippen molar-refractivity contribution in [2.45, 2.75) is 84.6 Å². The normalized spacial score (nSPS) is 22.3. The number of carbonyl (C=O) groups excluding carboxylic acids is 1. The Morgan fingerprint density at radius 2 is 1.89 bits per heavy atom. The molecule has 2 aliphatic rings. The second-order valence-electron chi connectivity index (χ2n) is 8.90. The Kier molecular flexibility index (Phi) is 7.02. The second-order valence-corrected chi connectivity index (χ2v) is 10.4. The van der Waals surface area contributed by atoms with E-state index in [1.807, 2.05) is 0 Å². The van der Waals surface area contributed by atoms with Gasteiger partial charge in [0.15, 0.2) is 5.11 Å². The summed E-state index contributed by atoms with van der Waals surface area (Å²) in [6, 6.07) is 0.417. The standard InChI is InChI=1S/C22H34N2O2S2/c1-5-22(2,3)14-10-12-15(13-11-14)23-21(27)24-19-18(20(25)26-4)16-8-6-7-9-17(16)28-19/h14-15H,5-13H2,1-4H3,(H2,23,24,27). The summed E-state index contributed by atoms with van der Waals surface area (Å²) >= 11 is 7.26. The minimum Gasteiger partial charge on any atom is -0.465 e. The van der Waals surface area contributed by atoms with Gasteiger partial charge in [-0.25, -0.2) is 4.79 Å². The Hall–Kier alpha value is -1.14. The van der Waals surface area contributed by atoms with Crippen molar-refractivity contribution in [1.29, 1.82) is 0 Å². The van der Waals surface area contributed by atoms with Crippen LogP contribution in [-0.2, 0) is 17.6 Å². The van der Waals surface area contributed by atoms with Crippen molar-refractivity contribution < 1.29 is 9.53 Å². The molecule has 0 radical (unpaired) electrons. The Morgan fingerprint density at radius 3 is 2.54 bits per heavy atom. The molecule has 156 valence electrons. The third-order valence-electron chi connectivity index (χ3n) is 6.87. The van der Waals surface area contributed by atoms with Gasteiger partial charge in [-0.15, -0.1) is 11.3 Å². The zero-order valence-electron chi connectivity index (χ0n) is 17.7. The van der Waals surface area contributed by atoms with E-state index in [0.29, 0.717) is 22.1 Å². The van der Waals surface area contributed by atoms with Gasteiger partial charge in [0.25, 0.3) is 0 Å². The molecule has 0 spiro atoms. The van der Waals surface area contributed by atoms with Crippen molar-refractivity contribution >= 4 is 39.6 Å². The van der Waals surface area contributed by atoms with E-state index in [0.717, 1.165) is 48.6 Å². The SMILES string of the molecule is CCC(C)(C)C1CCC(NC(=S)Nc2sc3c(c2C(=O)OC)CCCC3)CC1. The van der Waals surface area contributed by atoms with E-state index < -0.39 is 0 Å². The molecule has 1 heterocycles. The van der Waals surface area contributed by atoms with Crippen molar-refractivity contribution in [2.24, 2.45) is 11.3 Å². The Balaban J connectivity index is 1.61. The third-order valence-corrected chi connectivity index (χ3v) is 8.29. The molecule has 0 bridgehead atoms. The summed E-state index contributed by atoms with van der Waals surface area (Å²) in [7, 11) is 1.45. The first-order chi connectivity index (χ1) is 13.4. The molecule has 0 saturated heterocycles. The van der Waals surface area contributed by atoms with Crippen LogP contribution in [0.3, 0.4) is 0 Å². The summed E-state index contributed by atoms with van der Waals surface area (Å²) in [5.41, 5.74) is 2.28. The molecule has 0 unspecified atom stereocenters. The number of ether oxygens (including phenoxy) is 1. The molecule has 0 amide bonds. The van der Waals surface area contributed by atoms with Crippen molar-refractivity contribution in [2.75, 3.05) is 12.4 Å². The van der Waals surface area contributed by atoms with Crippen LogP contribution in [0.4, 0.5) is 5.00 Å². The van der Waals surface area contributed by atoms with Crippen molar-refractivity contribution in [1.82, 2.24) is 5.32 Å². The van der Waals surface area contributed by atoms with Crippen LogP contribution < -0.4 is 10.6 Å². The highest BCUT2D eigenvalue weighted by Crippen LogP contribution is 2.41. The molecule has 4 nitrogen and oxygen atoms in total. The monoisotopic (exact) mass is 422 g/mol. The number of methoxy groups -OCH3 is 1. The molecule has 6 heteroatoms. The number of thiophene rings is 1. The smallest absolute Gasteiger partial charge is 0.341 e. The number of hydrogen-bond acceptors (Lipinski definition) is 4. The van der Waals surface area contributed by atoms with Gasteiger partial charge in [-0.3, -0.25) is 0 Å². The van der Waals surface area contributed by atoms with E-state index in [1.54, 1.807) is 11.3 Å². The van der Waals surface area contributed by atoms with Crippen molar-refractivity contribution in [3.63, 3.8) is 0 Å². The molecular formula is C22H34N2O2S2. The number of nitrogens with one attached hydrogen (secondary N) is 2. The van der Waals surface area contributed by atoms with Crippen LogP contribution in [-0.4, -0.2) is 24.2 Å². The van der Waals surface area contributed by atoms with Crippen LogP contribution in [0, 0.1) is 11.3 Å². The molecule has 1 saturated carbocycles. The van der Waals surface area contributed by atoms with Gasteiger partial charge < -0.3 is 15.4 Å². The van der Waals surface area contributed by atoms with Crippen LogP contribution in [0.5, 0.6) is 0 Å². The molecule has 2 N–H and O–H groups in total. The lowest BCUT2D eigenvalue weighted by Crippen LogP contribution is -2.41. The van der Waals surface area contributed by atoms with Crippen LogP contribution in [0.2, 0.25) is 0 Å². The number of rotatable bonds is 5. The van der Waals surface area contributed by atoms with Gasteiger partial charge in [0, 0.05) is 10.9 Å². The van der Waals surface area contributed by atoms with Gasteiger partial charge in [-0.1, -0.05) is 27.2 Å². The Bertz CT molecular complexity index is 718. The minimum absolute atomic E-state index is 0.257. The summed E-state index contributed by atoms with van der Waals surface area (Å²) in [5, 5.41) is 8.29. The first kappa shape index (κ1) is 21.6. The molecule has 2 aliphatic carbocycles. The van der Waals surface area contributed by atoms with Crippen LogP contribution >= 0.6 is 23.6 Å². The summed E-state index contributed by atoms with van der Waals surface area (Å²) in [6.07, 6.45) is 10.4. The lowest BCUT2D eigenvalue weighted by molar-refractivity contribution is 0.0601. The lowest BCUT2D eigenvalue weighted by atomic mass is 9.69. The van der Waals surface area contributed by atoms with E-state index in [1.165, 1.54) is 37.7 Å². The number of hydrogen-bond donors (Lipinski definition) is 2. The summed E-state index contributed by atoms with van der Waals surface area (Å²) in [4.78, 5) is 13.7. The average molecular weight is 423 g/mol. The zero-order chi connectivity index (χ0) is 20.3. The number of aryl methyl sites for hydroxylation is 1. The first-order valence-electron chi connectivity index (χ1n) is 10.7. The highest BCUT2D eigenvalue weighted by atomic mass is 32.1. The molecule has 0 aliphatic heterocycles. The van der Waals surface area contributed by atoms with Crippen LogP contribution in [0.1, 0.15) is 86.5 Å². The predicted octanol–water partition coefficient (Wildman–Crippen LogP) is 5.69. The Morgan fingerprint density at radius 1 is 1.21 bits per heavy atom. The van der Waals surface area contributed by atoms with E-state index in [9.17, 15) is 4.79 Å². The molecule has 1 fully saturated rings. The quantitative estimate of drug-likeness (QED) is 0.471. The largest absolute Gasteiger partial charge is 0.465 e. The average Bonchev–Trinajstić information content (AvgIpc) is 3.05. The fraction of sp³-hybridized carbons (Fsp3) is 0.727. The zero-order valence-corrected chi connectivity index (χ0v) is 19.3. The Labute approximate surface area is 178 Å². The maximum absolute atomic E-state index is 12.4. The van der Waals surface area contributed by atoms with Crippen LogP contribution in [0.25, 0.3) is 0 Å². The topological polar surface area (TPSA) is 50.4 Å². The number of esters is 1. The minimum atomic E-state index is -0.257. The fourth-order valence-electron chi connectivity index (χ4n) is 4.60. The number of anilines is 1. The van der Waals surface area contributed by atoms with E-state index in [-0.39, 0.29) is 5.97 Å². The van der Waals surface area contributed by atoms with Crippen molar-refractivity contribution in [3.8, 4) is 0 Å². The van der Waals surface area contributed by atoms with Crippen LogP contribution in [0.15, 0.2) is 0 Å². The molecule has 28 heavy (non-hydrogen) atoms. The maximum Gasteiger partial charge on any atom is 0.341 e. The lowest BCUT2D eigenvalue weighted by Gasteiger charge is -2.39. The van der Waals surface area contributed by atoms with Gasteiger partial charge in [0.1, 0.15) is 5.00 Å². The van der Waals surface area contributed by atoms with E-state index in [4.69, 9.17) is 17.0 Å². The molecule has 1 aromatic rings. The first-order valence-corrected chi connectivity index (χ1v) is 11.9. The van der Waals surface area contributed by atoms with Gasteiger partial charge in [0.05, 0.1) is 12.7 Å². The fourth-order valence-corrected chi connectivity index (χ4v) is 6.22. The number of thiocarbonyl (C=S) groups is 1. The maximum atomic E-state index is 12.4. The second kappa shape index (κ2) is 9.12. The van der Waals surface area contributed by atoms with E-state index in [2.05, 4.69) is 31.4 Å². The predicted molar refractivity (Wildman–Crippen MR) is 121 cm³/mol. The highest BCUT2D eigenvalue weighted by molar-refractivity contribution is 7.80. The van der Waals surface area contributed by atoms with Gasteiger partial charge >= 0.3 is 5.97 Å². The number of carbonyl (C=O) groups is 1. The van der Waals surface area contributed by atoms with Crippen molar-refractivity contribution in [3.05, 3.63) is 16.0 Å². The van der Waals surface area contributed by atoms with Gasteiger partial charge in [0.2, 0.25) is 0 Å². The molecule has 0 atom stereocenters.